The van der Waals surface area contributed by atoms with Gasteiger partial charge in [-0.1, -0.05) is 26.8 Å². The zero-order valence-corrected chi connectivity index (χ0v) is 15.9. The number of piperidine rings is 1. The fourth-order valence-corrected chi connectivity index (χ4v) is 3.19. The van der Waals surface area contributed by atoms with Crippen LogP contribution in [0.3, 0.4) is 0 Å². The highest BCUT2D eigenvalue weighted by molar-refractivity contribution is 5.97. The maximum atomic E-state index is 12.8. The molecule has 1 fully saturated rings. The topological polar surface area (TPSA) is 96.0 Å². The largest absolute Gasteiger partial charge is 0.338 e. The number of H-pyrrole nitrogens is 1. The zero-order chi connectivity index (χ0) is 19.6. The van der Waals surface area contributed by atoms with Crippen molar-refractivity contribution in [2.75, 3.05) is 13.1 Å². The Morgan fingerprint density at radius 2 is 2.00 bits per heavy atom. The summed E-state index contributed by atoms with van der Waals surface area (Å²) in [6, 6.07) is 5.21. The number of nitrogens with one attached hydrogen (secondary N) is 1. The summed E-state index contributed by atoms with van der Waals surface area (Å²) in [6.07, 6.45) is 4.34. The molecular weight excluding hydrogens is 344 g/mol. The van der Waals surface area contributed by atoms with Crippen LogP contribution in [0.2, 0.25) is 0 Å². The molecule has 1 aliphatic heterocycles. The molecule has 142 valence electrons. The van der Waals surface area contributed by atoms with Crippen LogP contribution in [0.4, 0.5) is 0 Å². The van der Waals surface area contributed by atoms with Crippen molar-refractivity contribution in [1.29, 1.82) is 0 Å². The number of Topliss-reactive ketones (excluding diaryl/α,β-unsaturated/α-hetero) is 1. The van der Waals surface area contributed by atoms with E-state index in [0.717, 1.165) is 0 Å². The van der Waals surface area contributed by atoms with Gasteiger partial charge in [-0.3, -0.25) is 19.4 Å². The van der Waals surface area contributed by atoms with Gasteiger partial charge in [0.1, 0.15) is 17.1 Å². The first-order chi connectivity index (χ1) is 12.8. The lowest BCUT2D eigenvalue weighted by Crippen LogP contribution is -2.44. The van der Waals surface area contributed by atoms with Gasteiger partial charge in [-0.2, -0.15) is 0 Å². The van der Waals surface area contributed by atoms with Crippen molar-refractivity contribution in [1.82, 2.24) is 19.9 Å². The number of aromatic amines is 1. The van der Waals surface area contributed by atoms with E-state index in [2.05, 4.69) is 15.0 Å². The van der Waals surface area contributed by atoms with Crippen molar-refractivity contribution >= 4 is 11.7 Å². The summed E-state index contributed by atoms with van der Waals surface area (Å²) in [5.41, 5.74) is -0.343. The molecular formula is C20H24N4O3. The number of ketones is 1. The van der Waals surface area contributed by atoms with Crippen LogP contribution in [0.1, 0.15) is 60.3 Å². The van der Waals surface area contributed by atoms with Gasteiger partial charge in [0.15, 0.2) is 5.78 Å². The Kier molecular flexibility index (Phi) is 5.21. The molecule has 0 saturated carbocycles. The van der Waals surface area contributed by atoms with Gasteiger partial charge in [0.2, 0.25) is 0 Å². The highest BCUT2D eigenvalue weighted by Gasteiger charge is 2.31. The molecule has 0 radical (unpaired) electrons. The van der Waals surface area contributed by atoms with Crippen LogP contribution in [0.15, 0.2) is 35.4 Å². The van der Waals surface area contributed by atoms with E-state index in [9.17, 15) is 14.4 Å². The second kappa shape index (κ2) is 7.42. The number of pyridine rings is 1. The van der Waals surface area contributed by atoms with Crippen molar-refractivity contribution < 1.29 is 9.59 Å². The molecule has 0 aromatic carbocycles. The molecule has 0 spiro atoms. The first-order valence-corrected chi connectivity index (χ1v) is 9.11. The van der Waals surface area contributed by atoms with E-state index < -0.39 is 5.56 Å². The summed E-state index contributed by atoms with van der Waals surface area (Å²) in [5.74, 6) is -0.227. The smallest absolute Gasteiger partial charge is 0.263 e. The third kappa shape index (κ3) is 4.13. The molecule has 0 bridgehead atoms. The number of rotatable bonds is 3. The highest BCUT2D eigenvalue weighted by Crippen LogP contribution is 2.22. The first kappa shape index (κ1) is 18.9. The van der Waals surface area contributed by atoms with E-state index in [-0.39, 0.29) is 35.1 Å². The standard InChI is InChI=1S/C20H24N4O3/c1-20(2,3)19-22-11-14(17(26)23-19)18(27)24-10-6-7-13(12-24)16(25)15-8-4-5-9-21-15/h4-5,8-9,11,13H,6-7,10,12H2,1-3H3,(H,22,23,26)/t13-/m1/s1. The number of nitrogens with zero attached hydrogens (tertiary/aromatic N) is 3. The molecule has 1 aliphatic rings. The van der Waals surface area contributed by atoms with Crippen molar-refractivity contribution in [2.24, 2.45) is 5.92 Å². The van der Waals surface area contributed by atoms with E-state index in [1.165, 1.54) is 6.20 Å². The van der Waals surface area contributed by atoms with Gasteiger partial charge in [0, 0.05) is 36.8 Å². The lowest BCUT2D eigenvalue weighted by atomic mass is 9.91. The normalized spacial score (nSPS) is 17.6. The van der Waals surface area contributed by atoms with E-state index in [1.807, 2.05) is 20.8 Å². The van der Waals surface area contributed by atoms with Gasteiger partial charge in [-0.05, 0) is 25.0 Å². The molecule has 1 N–H and O–H groups in total. The first-order valence-electron chi connectivity index (χ1n) is 9.11. The van der Waals surface area contributed by atoms with Crippen molar-refractivity contribution in [3.63, 3.8) is 0 Å². The summed E-state index contributed by atoms with van der Waals surface area (Å²) in [5, 5.41) is 0. The van der Waals surface area contributed by atoms with E-state index in [1.54, 1.807) is 29.3 Å². The Bertz CT molecular complexity index is 899. The van der Waals surface area contributed by atoms with Crippen LogP contribution in [0.25, 0.3) is 0 Å². The van der Waals surface area contributed by atoms with Crippen molar-refractivity contribution in [2.45, 2.75) is 39.0 Å². The third-order valence-corrected chi connectivity index (χ3v) is 4.74. The minimum Gasteiger partial charge on any atom is -0.338 e. The van der Waals surface area contributed by atoms with Crippen LogP contribution >= 0.6 is 0 Å². The molecule has 3 heterocycles. The minimum atomic E-state index is -0.446. The average Bonchev–Trinajstić information content (AvgIpc) is 2.67. The molecule has 1 saturated heterocycles. The van der Waals surface area contributed by atoms with Gasteiger partial charge < -0.3 is 9.88 Å². The average molecular weight is 368 g/mol. The monoisotopic (exact) mass is 368 g/mol. The quantitative estimate of drug-likeness (QED) is 0.838. The Morgan fingerprint density at radius 1 is 1.22 bits per heavy atom. The van der Waals surface area contributed by atoms with Gasteiger partial charge >= 0.3 is 0 Å². The van der Waals surface area contributed by atoms with Crippen LogP contribution in [0.5, 0.6) is 0 Å². The van der Waals surface area contributed by atoms with Gasteiger partial charge in [0.05, 0.1) is 0 Å². The Balaban J connectivity index is 1.77. The summed E-state index contributed by atoms with van der Waals surface area (Å²) in [7, 11) is 0. The molecule has 2 aromatic heterocycles. The molecule has 7 nitrogen and oxygen atoms in total. The predicted octanol–water partition coefficient (Wildman–Crippen LogP) is 2.20. The molecule has 0 aliphatic carbocycles. The SMILES string of the molecule is CC(C)(C)c1ncc(C(=O)N2CCC[C@@H](C(=O)c3ccccn3)C2)c(=O)[nH]1. The number of amides is 1. The molecule has 1 amide bonds. The van der Waals surface area contributed by atoms with Crippen molar-refractivity contribution in [3.8, 4) is 0 Å². The van der Waals surface area contributed by atoms with E-state index in [0.29, 0.717) is 30.9 Å². The van der Waals surface area contributed by atoms with Crippen LogP contribution in [-0.4, -0.2) is 44.6 Å². The molecule has 2 aromatic rings. The van der Waals surface area contributed by atoms with Gasteiger partial charge in [-0.25, -0.2) is 4.98 Å². The van der Waals surface area contributed by atoms with Crippen LogP contribution in [-0.2, 0) is 5.41 Å². The zero-order valence-electron chi connectivity index (χ0n) is 15.9. The molecule has 27 heavy (non-hydrogen) atoms. The second-order valence-corrected chi connectivity index (χ2v) is 7.89. The molecule has 7 heteroatoms. The lowest BCUT2D eigenvalue weighted by molar-refractivity contribution is 0.0633. The number of hydrogen-bond acceptors (Lipinski definition) is 5. The van der Waals surface area contributed by atoms with E-state index in [4.69, 9.17) is 0 Å². The predicted molar refractivity (Wildman–Crippen MR) is 101 cm³/mol. The maximum absolute atomic E-state index is 12.8. The number of aromatic nitrogens is 3. The van der Waals surface area contributed by atoms with Gasteiger partial charge in [0.25, 0.3) is 11.5 Å². The minimum absolute atomic E-state index is 0.00827. The second-order valence-electron chi connectivity index (χ2n) is 7.89. The third-order valence-electron chi connectivity index (χ3n) is 4.74. The van der Waals surface area contributed by atoms with Crippen LogP contribution in [0, 0.1) is 5.92 Å². The fraction of sp³-hybridized carbons (Fsp3) is 0.450. The van der Waals surface area contributed by atoms with Crippen molar-refractivity contribution in [3.05, 3.63) is 58.0 Å². The lowest BCUT2D eigenvalue weighted by Gasteiger charge is -2.31. The number of carbonyl (C=O) groups excluding carboxylic acids is 2. The fourth-order valence-electron chi connectivity index (χ4n) is 3.19. The van der Waals surface area contributed by atoms with Gasteiger partial charge in [-0.15, -0.1) is 0 Å². The molecule has 0 unspecified atom stereocenters. The Hall–Kier alpha value is -2.83. The number of likely N-dealkylation sites (tertiary alicyclic amines) is 1. The summed E-state index contributed by atoms with van der Waals surface area (Å²) in [6.45, 7) is 6.61. The summed E-state index contributed by atoms with van der Waals surface area (Å²) in [4.78, 5) is 50.5. The maximum Gasteiger partial charge on any atom is 0.263 e. The summed E-state index contributed by atoms with van der Waals surface area (Å²) >= 11 is 0. The highest BCUT2D eigenvalue weighted by atomic mass is 16.2. The number of carbonyl (C=O) groups is 2. The van der Waals surface area contributed by atoms with E-state index >= 15 is 0 Å². The van der Waals surface area contributed by atoms with Crippen LogP contribution < -0.4 is 5.56 Å². The molecule has 1 atom stereocenters. The summed E-state index contributed by atoms with van der Waals surface area (Å²) < 4.78 is 0. The molecule has 3 rings (SSSR count). The Morgan fingerprint density at radius 3 is 2.63 bits per heavy atom. The Labute approximate surface area is 157 Å². The number of hydrogen-bond donors (Lipinski definition) is 1.